The number of amides is 1. The second-order valence-electron chi connectivity index (χ2n) is 2.92. The number of nitrogens with one attached hydrogen (secondary N) is 1. The molecule has 0 heterocycles. The van der Waals surface area contributed by atoms with Gasteiger partial charge in [0.2, 0.25) is 0 Å². The molecule has 0 aromatic rings. The van der Waals surface area contributed by atoms with Gasteiger partial charge in [0.15, 0.2) is 0 Å². The molecule has 0 aromatic heterocycles. The summed E-state index contributed by atoms with van der Waals surface area (Å²) in [5.74, 6) is 0. The largest absolute Gasteiger partial charge is 0.345 e. The first-order chi connectivity index (χ1) is 5.06. The van der Waals surface area contributed by atoms with E-state index in [2.05, 4.69) is 19.2 Å². The van der Waals surface area contributed by atoms with Crippen LogP contribution in [0.5, 0.6) is 0 Å². The predicted molar refractivity (Wildman–Crippen MR) is 51.0 cm³/mol. The molecular formula is C8H17NOS. The average molecular weight is 175 g/mol. The molecule has 3 heteroatoms. The predicted octanol–water partition coefficient (Wildman–Crippen LogP) is 2.64. The van der Waals surface area contributed by atoms with Crippen LogP contribution >= 0.6 is 11.8 Å². The zero-order chi connectivity index (χ0) is 8.85. The van der Waals surface area contributed by atoms with Gasteiger partial charge in [0.05, 0.1) is 0 Å². The molecule has 11 heavy (non-hydrogen) atoms. The molecule has 0 fully saturated rings. The minimum absolute atomic E-state index is 0.0920. The summed E-state index contributed by atoms with van der Waals surface area (Å²) in [7, 11) is 0. The number of thioether (sulfide) groups is 1. The van der Waals surface area contributed by atoms with E-state index in [1.165, 1.54) is 11.8 Å². The van der Waals surface area contributed by atoms with Crippen LogP contribution in [0.3, 0.4) is 0 Å². The van der Waals surface area contributed by atoms with Crippen LogP contribution in [0.15, 0.2) is 0 Å². The molecule has 0 aliphatic rings. The van der Waals surface area contributed by atoms with Crippen molar-refractivity contribution < 1.29 is 4.79 Å². The minimum atomic E-state index is 0.0920. The zero-order valence-corrected chi connectivity index (χ0v) is 8.49. The second-order valence-corrected chi connectivity index (χ2v) is 4.33. The van der Waals surface area contributed by atoms with E-state index in [-0.39, 0.29) is 11.3 Å². The summed E-state index contributed by atoms with van der Waals surface area (Å²) in [5.41, 5.74) is 0. The van der Waals surface area contributed by atoms with Crippen LogP contribution in [0, 0.1) is 0 Å². The molecule has 0 bridgehead atoms. The molecule has 0 aliphatic heterocycles. The van der Waals surface area contributed by atoms with Gasteiger partial charge in [0.1, 0.15) is 0 Å². The Morgan fingerprint density at radius 3 is 2.36 bits per heavy atom. The standard InChI is InChI=1S/C8H17NOS/c1-5-7(4)11-8(10)9-6(2)3/h6-7H,5H2,1-4H3,(H,9,10). The van der Waals surface area contributed by atoms with E-state index >= 15 is 0 Å². The van der Waals surface area contributed by atoms with Gasteiger partial charge in [0, 0.05) is 11.3 Å². The Morgan fingerprint density at radius 1 is 1.45 bits per heavy atom. The molecule has 1 unspecified atom stereocenters. The maximum Gasteiger partial charge on any atom is 0.279 e. The normalized spacial score (nSPS) is 13.2. The maximum absolute atomic E-state index is 11.1. The van der Waals surface area contributed by atoms with E-state index in [0.29, 0.717) is 5.25 Å². The van der Waals surface area contributed by atoms with Gasteiger partial charge in [0.25, 0.3) is 5.24 Å². The average Bonchev–Trinajstić information content (AvgIpc) is 1.85. The maximum atomic E-state index is 11.1. The van der Waals surface area contributed by atoms with Crippen molar-refractivity contribution in [3.8, 4) is 0 Å². The first-order valence-electron chi connectivity index (χ1n) is 4.03. The van der Waals surface area contributed by atoms with Crippen molar-refractivity contribution >= 4 is 17.0 Å². The third-order valence-corrected chi connectivity index (χ3v) is 2.36. The second kappa shape index (κ2) is 5.47. The summed E-state index contributed by atoms with van der Waals surface area (Å²) in [6.07, 6.45) is 1.04. The molecule has 0 saturated carbocycles. The fourth-order valence-corrected chi connectivity index (χ4v) is 1.37. The van der Waals surface area contributed by atoms with Crippen molar-refractivity contribution in [2.24, 2.45) is 0 Å². The fraction of sp³-hybridized carbons (Fsp3) is 0.875. The third kappa shape index (κ3) is 6.23. The van der Waals surface area contributed by atoms with Crippen LogP contribution < -0.4 is 5.32 Å². The quantitative estimate of drug-likeness (QED) is 0.714. The minimum Gasteiger partial charge on any atom is -0.345 e. The topological polar surface area (TPSA) is 29.1 Å². The van der Waals surface area contributed by atoms with Crippen molar-refractivity contribution in [1.29, 1.82) is 0 Å². The van der Waals surface area contributed by atoms with Gasteiger partial charge < -0.3 is 5.32 Å². The van der Waals surface area contributed by atoms with Crippen LogP contribution in [-0.2, 0) is 0 Å². The Morgan fingerprint density at radius 2 is 2.00 bits per heavy atom. The molecule has 0 aliphatic carbocycles. The van der Waals surface area contributed by atoms with Crippen molar-refractivity contribution in [1.82, 2.24) is 5.32 Å². The van der Waals surface area contributed by atoms with Crippen LogP contribution in [-0.4, -0.2) is 16.5 Å². The van der Waals surface area contributed by atoms with Crippen molar-refractivity contribution in [2.75, 3.05) is 0 Å². The molecule has 0 aromatic carbocycles. The number of hydrogen-bond acceptors (Lipinski definition) is 2. The number of carbonyl (C=O) groups excluding carboxylic acids is 1. The summed E-state index contributed by atoms with van der Waals surface area (Å²) < 4.78 is 0. The smallest absolute Gasteiger partial charge is 0.279 e. The van der Waals surface area contributed by atoms with Crippen LogP contribution in [0.2, 0.25) is 0 Å². The van der Waals surface area contributed by atoms with Crippen LogP contribution in [0.4, 0.5) is 4.79 Å². The summed E-state index contributed by atoms with van der Waals surface area (Å²) in [6.45, 7) is 8.08. The Kier molecular flexibility index (Phi) is 5.38. The molecule has 1 N–H and O–H groups in total. The molecule has 1 amide bonds. The van der Waals surface area contributed by atoms with Crippen LogP contribution in [0.1, 0.15) is 34.1 Å². The lowest BCUT2D eigenvalue weighted by molar-refractivity contribution is 0.258. The monoisotopic (exact) mass is 175 g/mol. The molecular weight excluding hydrogens is 158 g/mol. The van der Waals surface area contributed by atoms with E-state index in [1.54, 1.807) is 0 Å². The molecule has 0 saturated heterocycles. The van der Waals surface area contributed by atoms with Crippen molar-refractivity contribution in [2.45, 2.75) is 45.4 Å². The van der Waals surface area contributed by atoms with Gasteiger partial charge in [-0.15, -0.1) is 0 Å². The number of hydrogen-bond donors (Lipinski definition) is 1. The SMILES string of the molecule is CCC(C)SC(=O)NC(C)C. The van der Waals surface area contributed by atoms with Gasteiger partial charge in [-0.1, -0.05) is 25.6 Å². The van der Waals surface area contributed by atoms with E-state index in [0.717, 1.165) is 6.42 Å². The molecule has 1 atom stereocenters. The van der Waals surface area contributed by atoms with E-state index in [1.807, 2.05) is 13.8 Å². The summed E-state index contributed by atoms with van der Waals surface area (Å²) in [5, 5.41) is 3.35. The van der Waals surface area contributed by atoms with E-state index < -0.39 is 0 Å². The highest BCUT2D eigenvalue weighted by Crippen LogP contribution is 2.13. The summed E-state index contributed by atoms with van der Waals surface area (Å²) in [4.78, 5) is 11.1. The summed E-state index contributed by atoms with van der Waals surface area (Å²) >= 11 is 1.38. The Labute approximate surface area is 73.1 Å². The summed E-state index contributed by atoms with van der Waals surface area (Å²) in [6, 6.07) is 0.249. The first kappa shape index (κ1) is 10.8. The van der Waals surface area contributed by atoms with E-state index in [4.69, 9.17) is 0 Å². The van der Waals surface area contributed by atoms with Gasteiger partial charge in [-0.25, -0.2) is 0 Å². The third-order valence-electron chi connectivity index (χ3n) is 1.29. The highest BCUT2D eigenvalue weighted by molar-refractivity contribution is 8.14. The van der Waals surface area contributed by atoms with Crippen molar-refractivity contribution in [3.63, 3.8) is 0 Å². The van der Waals surface area contributed by atoms with Gasteiger partial charge >= 0.3 is 0 Å². The number of rotatable bonds is 3. The fourth-order valence-electron chi connectivity index (χ4n) is 0.536. The van der Waals surface area contributed by atoms with Gasteiger partial charge in [-0.2, -0.15) is 0 Å². The van der Waals surface area contributed by atoms with Crippen LogP contribution in [0.25, 0.3) is 0 Å². The number of carbonyl (C=O) groups is 1. The lowest BCUT2D eigenvalue weighted by Crippen LogP contribution is -2.27. The Hall–Kier alpha value is -0.180. The highest BCUT2D eigenvalue weighted by atomic mass is 32.2. The van der Waals surface area contributed by atoms with E-state index in [9.17, 15) is 4.79 Å². The first-order valence-corrected chi connectivity index (χ1v) is 4.91. The molecule has 66 valence electrons. The Bertz CT molecular complexity index is 125. The highest BCUT2D eigenvalue weighted by Gasteiger charge is 2.07. The molecule has 2 nitrogen and oxygen atoms in total. The van der Waals surface area contributed by atoms with Gasteiger partial charge in [-0.3, -0.25) is 4.79 Å². The Balaban J connectivity index is 3.52. The molecule has 0 rings (SSSR count). The molecule has 0 spiro atoms. The molecule has 0 radical (unpaired) electrons. The lowest BCUT2D eigenvalue weighted by atomic mass is 10.4. The lowest BCUT2D eigenvalue weighted by Gasteiger charge is -2.10. The zero-order valence-electron chi connectivity index (χ0n) is 7.68. The van der Waals surface area contributed by atoms with Crippen molar-refractivity contribution in [3.05, 3.63) is 0 Å². The van der Waals surface area contributed by atoms with Gasteiger partial charge in [-0.05, 0) is 20.3 Å².